The molecule has 1 aliphatic rings. The fraction of sp³-hybridized carbons (Fsp3) is 0.424. The summed E-state index contributed by atoms with van der Waals surface area (Å²) in [6.45, 7) is 16.2. The number of aliphatic imine (C=N–C) groups is 1. The molecule has 3 nitrogen and oxygen atoms in total. The van der Waals surface area contributed by atoms with Crippen LogP contribution in [0.25, 0.3) is 18.9 Å². The Labute approximate surface area is 241 Å². The number of likely N-dealkylation sites (tertiary alicyclic amines) is 1. The molecule has 1 fully saturated rings. The van der Waals surface area contributed by atoms with Gasteiger partial charge in [-0.2, -0.15) is 0 Å². The van der Waals surface area contributed by atoms with Crippen LogP contribution in [0.4, 0.5) is 13.2 Å². The molecule has 216 valence electrons. The predicted molar refractivity (Wildman–Crippen MR) is 166 cm³/mol. The molecule has 0 radical (unpaired) electrons. The first-order valence-electron chi connectivity index (χ1n) is 13.7. The average molecular weight is 570 g/mol. The second-order valence-corrected chi connectivity index (χ2v) is 12.3. The summed E-state index contributed by atoms with van der Waals surface area (Å²) in [4.78, 5) is 9.87. The van der Waals surface area contributed by atoms with Crippen molar-refractivity contribution >= 4 is 36.5 Å². The van der Waals surface area contributed by atoms with E-state index in [0.717, 1.165) is 53.2 Å². The number of benzene rings is 2. The van der Waals surface area contributed by atoms with Crippen LogP contribution < -0.4 is 10.4 Å². The van der Waals surface area contributed by atoms with E-state index >= 15 is 0 Å². The van der Waals surface area contributed by atoms with Crippen LogP contribution in [0.5, 0.6) is 0 Å². The lowest BCUT2D eigenvalue weighted by Crippen LogP contribution is -2.39. The van der Waals surface area contributed by atoms with Gasteiger partial charge in [0, 0.05) is 52.4 Å². The van der Waals surface area contributed by atoms with E-state index in [1.54, 1.807) is 23.9 Å². The minimum atomic E-state index is -3.09. The van der Waals surface area contributed by atoms with Gasteiger partial charge >= 0.3 is 0 Å². The third kappa shape index (κ3) is 8.29. The van der Waals surface area contributed by atoms with Crippen LogP contribution in [-0.2, 0) is 18.1 Å². The fourth-order valence-corrected chi connectivity index (χ4v) is 5.76. The zero-order chi connectivity index (χ0) is 29.7. The summed E-state index contributed by atoms with van der Waals surface area (Å²) >= 11 is 1.55. The maximum absolute atomic E-state index is 14.5. The van der Waals surface area contributed by atoms with E-state index in [0.29, 0.717) is 11.5 Å². The van der Waals surface area contributed by atoms with E-state index in [1.165, 1.54) is 26.3 Å². The number of hydrogen-bond acceptors (Lipinski definition) is 3. The summed E-state index contributed by atoms with van der Waals surface area (Å²) in [6, 6.07) is 10.5. The lowest BCUT2D eigenvalue weighted by atomic mass is 9.93. The van der Waals surface area contributed by atoms with E-state index in [9.17, 15) is 13.2 Å². The lowest BCUT2D eigenvalue weighted by molar-refractivity contribution is 0.0159. The highest BCUT2D eigenvalue weighted by Gasteiger charge is 2.30. The smallest absolute Gasteiger partial charge is 0.270 e. The molecule has 3 rings (SSSR count). The van der Waals surface area contributed by atoms with Gasteiger partial charge in [-0.15, -0.1) is 0 Å². The molecule has 0 bridgehead atoms. The second-order valence-electron chi connectivity index (χ2n) is 11.3. The van der Waals surface area contributed by atoms with Crippen molar-refractivity contribution < 1.29 is 13.2 Å². The average Bonchev–Trinajstić information content (AvgIpc) is 2.85. The maximum atomic E-state index is 14.5. The first kappa shape index (κ1) is 31.6. The highest BCUT2D eigenvalue weighted by molar-refractivity contribution is 8.06. The Bertz CT molecular complexity index is 1370. The highest BCUT2D eigenvalue weighted by Crippen LogP contribution is 2.35. The Hall–Kier alpha value is -2.93. The summed E-state index contributed by atoms with van der Waals surface area (Å²) < 4.78 is 43.5. The molecule has 1 atom stereocenters. The summed E-state index contributed by atoms with van der Waals surface area (Å²) in [5.41, 5.74) is -0.193. The van der Waals surface area contributed by atoms with Gasteiger partial charge in [0.1, 0.15) is 11.5 Å². The normalized spacial score (nSPS) is 17.8. The van der Waals surface area contributed by atoms with Gasteiger partial charge in [0.05, 0.1) is 4.91 Å². The van der Waals surface area contributed by atoms with E-state index in [2.05, 4.69) is 36.0 Å². The quantitative estimate of drug-likeness (QED) is 0.234. The first-order valence-corrected chi connectivity index (χ1v) is 14.5. The fourth-order valence-electron chi connectivity index (χ4n) is 5.05. The number of nitrogens with zero attached hydrogens (tertiary/aromatic N) is 3. The molecule has 2 aromatic rings. The van der Waals surface area contributed by atoms with Crippen LogP contribution in [0.15, 0.2) is 58.3 Å². The second kappa shape index (κ2) is 13.2. The molecule has 1 aliphatic heterocycles. The van der Waals surface area contributed by atoms with Crippen molar-refractivity contribution in [1.29, 1.82) is 0 Å². The van der Waals surface area contributed by atoms with Crippen molar-refractivity contribution in [2.24, 2.45) is 10.9 Å². The molecule has 1 unspecified atom stereocenters. The number of hydrogen-bond donors (Lipinski definition) is 0. The zero-order valence-corrected chi connectivity index (χ0v) is 25.4. The first-order chi connectivity index (χ1) is 18.7. The molecule has 40 heavy (non-hydrogen) atoms. The van der Waals surface area contributed by atoms with Crippen LogP contribution in [-0.4, -0.2) is 42.8 Å². The zero-order valence-electron chi connectivity index (χ0n) is 24.6. The van der Waals surface area contributed by atoms with Crippen LogP contribution in [0.1, 0.15) is 62.8 Å². The van der Waals surface area contributed by atoms with Crippen LogP contribution in [0.2, 0.25) is 0 Å². The third-order valence-corrected chi connectivity index (χ3v) is 7.84. The SMILES string of the molecule is C=CS/C(=C\c1ccc(=C)/c(=C\N(C)Cc2ccc(C(C)(C)F)cc2C(C)(F)F)c1)C(=NC)N1CCCC(C)C1. The van der Waals surface area contributed by atoms with Gasteiger partial charge in [-0.3, -0.25) is 4.99 Å². The van der Waals surface area contributed by atoms with Crippen LogP contribution in [0.3, 0.4) is 0 Å². The van der Waals surface area contributed by atoms with Crippen molar-refractivity contribution in [2.75, 3.05) is 27.2 Å². The minimum Gasteiger partial charge on any atom is -0.376 e. The number of halogens is 3. The van der Waals surface area contributed by atoms with Gasteiger partial charge < -0.3 is 9.80 Å². The molecule has 1 saturated heterocycles. The summed E-state index contributed by atoms with van der Waals surface area (Å²) in [7, 11) is 3.67. The number of rotatable bonds is 9. The Morgan fingerprint density at radius 1 is 1.18 bits per heavy atom. The van der Waals surface area contributed by atoms with Gasteiger partial charge in [0.15, 0.2) is 0 Å². The van der Waals surface area contributed by atoms with E-state index in [4.69, 9.17) is 0 Å². The molecular formula is C33H42F3N3S. The lowest BCUT2D eigenvalue weighted by Gasteiger charge is -2.34. The summed E-state index contributed by atoms with van der Waals surface area (Å²) in [6.07, 6.45) is 6.39. The van der Waals surface area contributed by atoms with Crippen molar-refractivity contribution in [2.45, 2.75) is 58.7 Å². The molecule has 0 aliphatic carbocycles. The van der Waals surface area contributed by atoms with Crippen molar-refractivity contribution in [3.63, 3.8) is 0 Å². The van der Waals surface area contributed by atoms with Gasteiger partial charge in [-0.25, -0.2) is 13.2 Å². The van der Waals surface area contributed by atoms with Gasteiger partial charge in [-0.1, -0.05) is 56.1 Å². The molecule has 1 heterocycles. The summed E-state index contributed by atoms with van der Waals surface area (Å²) in [5.74, 6) is -1.51. The minimum absolute atomic E-state index is 0.160. The molecule has 0 amide bonds. The van der Waals surface area contributed by atoms with E-state index in [1.807, 2.05) is 48.8 Å². The Kier molecular flexibility index (Phi) is 10.4. The van der Waals surface area contributed by atoms with Gasteiger partial charge in [0.25, 0.3) is 5.92 Å². The largest absolute Gasteiger partial charge is 0.376 e. The number of amidine groups is 1. The molecular weight excluding hydrogens is 527 g/mol. The summed E-state index contributed by atoms with van der Waals surface area (Å²) in [5, 5.41) is 3.52. The molecule has 0 saturated carbocycles. The molecule has 7 heteroatoms. The number of alkyl halides is 3. The maximum Gasteiger partial charge on any atom is 0.270 e. The van der Waals surface area contributed by atoms with Crippen LogP contribution in [0, 0.1) is 5.92 Å². The third-order valence-electron chi connectivity index (χ3n) is 7.12. The Balaban J connectivity index is 1.95. The molecule has 0 spiro atoms. The molecule has 0 N–H and O–H groups in total. The molecule has 0 aromatic heterocycles. The Morgan fingerprint density at radius 2 is 1.90 bits per heavy atom. The van der Waals surface area contributed by atoms with Gasteiger partial charge in [0.2, 0.25) is 0 Å². The topological polar surface area (TPSA) is 18.8 Å². The van der Waals surface area contributed by atoms with E-state index in [-0.39, 0.29) is 17.7 Å². The predicted octanol–water partition coefficient (Wildman–Crippen LogP) is 7.26. The Morgan fingerprint density at radius 3 is 2.50 bits per heavy atom. The van der Waals surface area contributed by atoms with Gasteiger partial charge in [-0.05, 0) is 83.4 Å². The number of piperidine rings is 1. The van der Waals surface area contributed by atoms with Crippen molar-refractivity contribution in [3.8, 4) is 0 Å². The van der Waals surface area contributed by atoms with Crippen molar-refractivity contribution in [1.82, 2.24) is 9.80 Å². The molecule has 2 aromatic carbocycles. The monoisotopic (exact) mass is 569 g/mol. The van der Waals surface area contributed by atoms with Crippen molar-refractivity contribution in [3.05, 3.63) is 86.0 Å². The van der Waals surface area contributed by atoms with Crippen LogP contribution >= 0.6 is 11.8 Å². The standard InChI is InChI=1S/C33H42F3N3S/c1-9-40-30(31(37-7)39-16-10-11-23(2)20-39)18-25-13-12-24(3)27(17-25)22-38(8)21-26-14-15-28(32(4,5)34)19-29(26)33(6,35)36/h9,12-15,17-19,22-23H,1,3,10-11,16,20-21H2,2,4-8H3/b27-22-,30-18-,37-31?. The highest BCUT2D eigenvalue weighted by atomic mass is 32.2. The number of thioether (sulfide) groups is 1. The van der Waals surface area contributed by atoms with E-state index < -0.39 is 11.6 Å².